The zero-order valence-corrected chi connectivity index (χ0v) is 9.95. The van der Waals surface area contributed by atoms with Gasteiger partial charge in [0, 0.05) is 12.6 Å². The van der Waals surface area contributed by atoms with Crippen LogP contribution in [-0.2, 0) is 14.8 Å². The summed E-state index contributed by atoms with van der Waals surface area (Å²) in [5, 5.41) is 13.7. The Kier molecular flexibility index (Phi) is 4.69. The maximum absolute atomic E-state index is 10.8. The molecule has 0 aromatic rings. The zero-order valence-electron chi connectivity index (χ0n) is 9.13. The number of hydrogen-bond donors (Lipinski definition) is 2. The summed E-state index contributed by atoms with van der Waals surface area (Å²) in [6.07, 6.45) is 4.04. The quantitative estimate of drug-likeness (QED) is 0.668. The van der Waals surface area contributed by atoms with Crippen molar-refractivity contribution in [3.05, 3.63) is 0 Å². The Morgan fingerprint density at radius 3 is 2.38 bits per heavy atom. The largest absolute Gasteiger partial charge is 0.480 e. The summed E-state index contributed by atoms with van der Waals surface area (Å²) in [7, 11) is -3.52. The highest BCUT2D eigenvalue weighted by Crippen LogP contribution is 2.23. The van der Waals surface area contributed by atoms with Gasteiger partial charge in [0.1, 0.15) is 0 Å². The summed E-state index contributed by atoms with van der Waals surface area (Å²) in [5.41, 5.74) is 0. The summed E-state index contributed by atoms with van der Waals surface area (Å²) in [4.78, 5) is 12.4. The summed E-state index contributed by atoms with van der Waals surface area (Å²) < 4.78 is 21.7. The van der Waals surface area contributed by atoms with E-state index in [0.717, 1.165) is 25.7 Å². The van der Waals surface area contributed by atoms with E-state index in [1.807, 2.05) is 0 Å². The lowest BCUT2D eigenvalue weighted by Gasteiger charge is -2.26. The molecular formula is C9H18N2O4S. The highest BCUT2D eigenvalue weighted by atomic mass is 32.2. The number of carboxylic acid groups (broad SMARTS) is 1. The molecule has 0 saturated heterocycles. The Morgan fingerprint density at radius 1 is 1.38 bits per heavy atom. The first kappa shape index (κ1) is 13.4. The number of hydrogen-bond acceptors (Lipinski definition) is 4. The molecule has 16 heavy (non-hydrogen) atoms. The first-order valence-electron chi connectivity index (χ1n) is 5.35. The number of sulfonamides is 1. The van der Waals surface area contributed by atoms with Crippen LogP contribution >= 0.6 is 0 Å². The van der Waals surface area contributed by atoms with Gasteiger partial charge in [0.2, 0.25) is 10.0 Å². The topological polar surface area (TPSA) is 101 Å². The average Bonchev–Trinajstić information content (AvgIpc) is 2.62. The van der Waals surface area contributed by atoms with Gasteiger partial charge in [0.05, 0.1) is 12.3 Å². The van der Waals surface area contributed by atoms with Crippen LogP contribution in [0, 0.1) is 0 Å². The van der Waals surface area contributed by atoms with E-state index in [0.29, 0.717) is 0 Å². The Hall–Kier alpha value is -0.660. The van der Waals surface area contributed by atoms with Crippen LogP contribution in [0.3, 0.4) is 0 Å². The predicted octanol–water partition coefficient (Wildman–Crippen LogP) is -0.396. The van der Waals surface area contributed by atoms with Gasteiger partial charge in [-0.3, -0.25) is 9.69 Å². The lowest BCUT2D eigenvalue weighted by atomic mass is 10.2. The SMILES string of the molecule is NS(=O)(=O)CCN(CC(=O)O)C1CCCC1. The van der Waals surface area contributed by atoms with Crippen molar-refractivity contribution in [3.8, 4) is 0 Å². The lowest BCUT2D eigenvalue weighted by molar-refractivity contribution is -0.138. The Morgan fingerprint density at radius 2 is 1.94 bits per heavy atom. The molecule has 0 aromatic carbocycles. The van der Waals surface area contributed by atoms with E-state index in [1.54, 1.807) is 4.90 Å². The van der Waals surface area contributed by atoms with Gasteiger partial charge in [-0.1, -0.05) is 12.8 Å². The van der Waals surface area contributed by atoms with Crippen molar-refractivity contribution < 1.29 is 18.3 Å². The minimum atomic E-state index is -3.52. The second-order valence-corrected chi connectivity index (χ2v) is 5.90. The molecule has 1 saturated carbocycles. The molecule has 0 aliphatic heterocycles. The van der Waals surface area contributed by atoms with Gasteiger partial charge in [-0.05, 0) is 12.8 Å². The van der Waals surface area contributed by atoms with Crippen LogP contribution in [0.25, 0.3) is 0 Å². The van der Waals surface area contributed by atoms with Gasteiger partial charge in [-0.2, -0.15) is 0 Å². The van der Waals surface area contributed by atoms with Crippen molar-refractivity contribution in [2.75, 3.05) is 18.8 Å². The smallest absolute Gasteiger partial charge is 0.317 e. The molecule has 1 fully saturated rings. The number of nitrogens with zero attached hydrogens (tertiary/aromatic N) is 1. The van der Waals surface area contributed by atoms with Crippen LogP contribution in [0.2, 0.25) is 0 Å². The highest BCUT2D eigenvalue weighted by Gasteiger charge is 2.24. The first-order chi connectivity index (χ1) is 7.38. The number of carboxylic acids is 1. The third kappa shape index (κ3) is 4.91. The molecule has 0 radical (unpaired) electrons. The number of rotatable bonds is 6. The normalized spacial score (nSPS) is 18.1. The van der Waals surface area contributed by atoms with E-state index in [2.05, 4.69) is 0 Å². The molecule has 1 rings (SSSR count). The summed E-state index contributed by atoms with van der Waals surface area (Å²) in [6.45, 7) is 0.0932. The zero-order chi connectivity index (χ0) is 12.2. The van der Waals surface area contributed by atoms with Crippen molar-refractivity contribution in [2.24, 2.45) is 5.14 Å². The maximum atomic E-state index is 10.8. The third-order valence-electron chi connectivity index (χ3n) is 2.84. The molecule has 7 heteroatoms. The van der Waals surface area contributed by atoms with Crippen LogP contribution in [0.5, 0.6) is 0 Å². The minimum Gasteiger partial charge on any atom is -0.480 e. The molecular weight excluding hydrogens is 232 g/mol. The van der Waals surface area contributed by atoms with E-state index in [4.69, 9.17) is 10.2 Å². The van der Waals surface area contributed by atoms with Gasteiger partial charge < -0.3 is 5.11 Å². The average molecular weight is 250 g/mol. The summed E-state index contributed by atoms with van der Waals surface area (Å²) in [5.74, 6) is -1.11. The predicted molar refractivity (Wildman–Crippen MR) is 59.4 cm³/mol. The van der Waals surface area contributed by atoms with E-state index < -0.39 is 16.0 Å². The van der Waals surface area contributed by atoms with Crippen molar-refractivity contribution >= 4 is 16.0 Å². The molecule has 1 aliphatic rings. The first-order valence-corrected chi connectivity index (χ1v) is 7.06. The molecule has 3 N–H and O–H groups in total. The van der Waals surface area contributed by atoms with Crippen molar-refractivity contribution in [3.63, 3.8) is 0 Å². The van der Waals surface area contributed by atoms with Gasteiger partial charge >= 0.3 is 5.97 Å². The standard InChI is InChI=1S/C9H18N2O4S/c10-16(14,15)6-5-11(7-9(12)13)8-3-1-2-4-8/h8H,1-7H2,(H,12,13)(H2,10,14,15). The molecule has 1 aliphatic carbocycles. The van der Waals surface area contributed by atoms with Crippen LogP contribution in [0.1, 0.15) is 25.7 Å². The maximum Gasteiger partial charge on any atom is 0.317 e. The van der Waals surface area contributed by atoms with Crippen molar-refractivity contribution in [2.45, 2.75) is 31.7 Å². The van der Waals surface area contributed by atoms with Crippen LogP contribution in [0.4, 0.5) is 0 Å². The fourth-order valence-electron chi connectivity index (χ4n) is 2.08. The molecule has 0 aromatic heterocycles. The second kappa shape index (κ2) is 5.60. The van der Waals surface area contributed by atoms with Crippen LogP contribution < -0.4 is 5.14 Å². The monoisotopic (exact) mass is 250 g/mol. The molecule has 0 bridgehead atoms. The van der Waals surface area contributed by atoms with Gasteiger partial charge in [0.25, 0.3) is 0 Å². The Balaban J connectivity index is 2.52. The third-order valence-corrected chi connectivity index (χ3v) is 3.59. The number of nitrogens with two attached hydrogens (primary N) is 1. The second-order valence-electron chi connectivity index (χ2n) is 4.17. The van der Waals surface area contributed by atoms with Gasteiger partial charge in [-0.25, -0.2) is 13.6 Å². The van der Waals surface area contributed by atoms with E-state index in [-0.39, 0.29) is 24.9 Å². The molecule has 0 heterocycles. The highest BCUT2D eigenvalue weighted by molar-refractivity contribution is 7.89. The fourth-order valence-corrected chi connectivity index (χ4v) is 2.57. The molecule has 0 spiro atoms. The number of carbonyl (C=O) groups is 1. The molecule has 0 amide bonds. The van der Waals surface area contributed by atoms with E-state index >= 15 is 0 Å². The Labute approximate surface area is 95.5 Å². The molecule has 0 unspecified atom stereocenters. The van der Waals surface area contributed by atoms with Crippen LogP contribution in [0.15, 0.2) is 0 Å². The lowest BCUT2D eigenvalue weighted by Crippen LogP contribution is -2.41. The number of aliphatic carboxylic acids is 1. The Bertz CT molecular complexity index is 335. The molecule has 94 valence electrons. The summed E-state index contributed by atoms with van der Waals surface area (Å²) >= 11 is 0. The van der Waals surface area contributed by atoms with Gasteiger partial charge in [0.15, 0.2) is 0 Å². The van der Waals surface area contributed by atoms with E-state index in [1.165, 1.54) is 0 Å². The number of primary sulfonamides is 1. The van der Waals surface area contributed by atoms with Crippen molar-refractivity contribution in [1.29, 1.82) is 0 Å². The van der Waals surface area contributed by atoms with Gasteiger partial charge in [-0.15, -0.1) is 0 Å². The molecule has 0 atom stereocenters. The van der Waals surface area contributed by atoms with Crippen molar-refractivity contribution in [1.82, 2.24) is 4.90 Å². The minimum absolute atomic E-state index is 0.111. The van der Waals surface area contributed by atoms with Crippen LogP contribution in [-0.4, -0.2) is 49.3 Å². The van der Waals surface area contributed by atoms with E-state index in [9.17, 15) is 13.2 Å². The summed E-state index contributed by atoms with van der Waals surface area (Å²) in [6, 6.07) is 0.192. The molecule has 6 nitrogen and oxygen atoms in total. The fraction of sp³-hybridized carbons (Fsp3) is 0.889.